The quantitative estimate of drug-likeness (QED) is 0.625. The Kier molecular flexibility index (Phi) is 8.33. The molecule has 0 radical (unpaired) electrons. The molecule has 0 aromatic heterocycles. The lowest BCUT2D eigenvalue weighted by Crippen LogP contribution is -2.50. The number of ether oxygens (including phenoxy) is 1. The Balaban J connectivity index is 2.14. The van der Waals surface area contributed by atoms with Gasteiger partial charge in [-0.25, -0.2) is 0 Å². The highest BCUT2D eigenvalue weighted by atomic mass is 79.9. The Hall–Kier alpha value is -2.05. The highest BCUT2D eigenvalue weighted by Crippen LogP contribution is 2.27. The third-order valence-electron chi connectivity index (χ3n) is 4.04. The van der Waals surface area contributed by atoms with E-state index in [1.807, 2.05) is 44.2 Å². The van der Waals surface area contributed by atoms with Gasteiger partial charge in [-0.2, -0.15) is 0 Å². The van der Waals surface area contributed by atoms with Crippen LogP contribution in [0.3, 0.4) is 0 Å². The lowest BCUT2D eigenvalue weighted by Gasteiger charge is -2.29. The topological polar surface area (TPSA) is 58.6 Å². The molecule has 5 nitrogen and oxygen atoms in total. The van der Waals surface area contributed by atoms with Crippen molar-refractivity contribution in [3.8, 4) is 5.75 Å². The number of benzene rings is 2. The summed E-state index contributed by atoms with van der Waals surface area (Å²) in [6.45, 7) is 5.57. The predicted octanol–water partition coefficient (Wildman–Crippen LogP) is 4.42. The van der Waals surface area contributed by atoms with Gasteiger partial charge >= 0.3 is 0 Å². The van der Waals surface area contributed by atoms with E-state index in [4.69, 9.17) is 16.3 Å². The van der Waals surface area contributed by atoms with Crippen LogP contribution in [-0.4, -0.2) is 35.4 Å². The van der Waals surface area contributed by atoms with Gasteiger partial charge in [0.2, 0.25) is 5.91 Å². The van der Waals surface area contributed by atoms with Crippen molar-refractivity contribution >= 4 is 39.3 Å². The Bertz CT molecular complexity index is 815. The number of halogens is 2. The van der Waals surface area contributed by atoms with Crippen molar-refractivity contribution in [2.24, 2.45) is 0 Å². The molecule has 0 aliphatic carbocycles. The molecule has 0 saturated heterocycles. The summed E-state index contributed by atoms with van der Waals surface area (Å²) in [5.74, 6) is -0.0904. The van der Waals surface area contributed by atoms with Crippen LogP contribution < -0.4 is 10.1 Å². The molecular weight excluding hydrogens is 444 g/mol. The zero-order valence-electron chi connectivity index (χ0n) is 16.1. The molecule has 150 valence electrons. The maximum Gasteiger partial charge on any atom is 0.261 e. The van der Waals surface area contributed by atoms with Gasteiger partial charge in [0.1, 0.15) is 11.8 Å². The number of carbonyl (C=O) groups is 2. The van der Waals surface area contributed by atoms with Crippen molar-refractivity contribution in [2.75, 3.05) is 6.61 Å². The Morgan fingerprint density at radius 1 is 1.14 bits per heavy atom. The summed E-state index contributed by atoms with van der Waals surface area (Å²) in [6, 6.07) is 14.1. The number of nitrogens with zero attached hydrogens (tertiary/aromatic N) is 1. The molecule has 0 heterocycles. The van der Waals surface area contributed by atoms with Crippen molar-refractivity contribution in [3.63, 3.8) is 0 Å². The summed E-state index contributed by atoms with van der Waals surface area (Å²) >= 11 is 9.48. The van der Waals surface area contributed by atoms with Crippen LogP contribution in [0.15, 0.2) is 53.0 Å². The first-order chi connectivity index (χ1) is 13.3. The van der Waals surface area contributed by atoms with Gasteiger partial charge in [-0.1, -0.05) is 57.9 Å². The van der Waals surface area contributed by atoms with Crippen molar-refractivity contribution in [1.82, 2.24) is 10.2 Å². The van der Waals surface area contributed by atoms with Gasteiger partial charge < -0.3 is 15.0 Å². The van der Waals surface area contributed by atoms with Gasteiger partial charge in [0.25, 0.3) is 5.91 Å². The highest BCUT2D eigenvalue weighted by Gasteiger charge is 2.27. The maximum absolute atomic E-state index is 12.9. The fourth-order valence-corrected chi connectivity index (χ4v) is 3.31. The number of carbonyl (C=O) groups excluding carboxylic acids is 2. The molecule has 2 aromatic rings. The second kappa shape index (κ2) is 10.5. The number of amides is 2. The van der Waals surface area contributed by atoms with Crippen molar-refractivity contribution < 1.29 is 14.3 Å². The van der Waals surface area contributed by atoms with Crippen LogP contribution >= 0.6 is 27.5 Å². The lowest BCUT2D eigenvalue weighted by atomic mass is 10.1. The first-order valence-electron chi connectivity index (χ1n) is 8.99. The SMILES string of the molecule is CC(C)NC(=O)C(C)N(Cc1ccccc1)C(=O)COc1ccc(Br)cc1Cl. The minimum atomic E-state index is -0.640. The monoisotopic (exact) mass is 466 g/mol. The first-order valence-corrected chi connectivity index (χ1v) is 10.2. The average molecular weight is 468 g/mol. The van der Waals surface area contributed by atoms with Crippen LogP contribution in [0.2, 0.25) is 5.02 Å². The van der Waals surface area contributed by atoms with Crippen LogP contribution in [0.5, 0.6) is 5.75 Å². The number of hydrogen-bond acceptors (Lipinski definition) is 3. The normalized spacial score (nSPS) is 11.8. The maximum atomic E-state index is 12.9. The van der Waals surface area contributed by atoms with E-state index < -0.39 is 6.04 Å². The molecule has 0 aliphatic rings. The standard InChI is InChI=1S/C21H24BrClN2O3/c1-14(2)24-21(27)15(3)25(12-16-7-5-4-6-8-16)20(26)13-28-19-10-9-17(22)11-18(19)23/h4-11,14-15H,12-13H2,1-3H3,(H,24,27). The number of rotatable bonds is 8. The van der Waals surface area contributed by atoms with E-state index in [1.54, 1.807) is 25.1 Å². The van der Waals surface area contributed by atoms with Gasteiger partial charge in [-0.15, -0.1) is 0 Å². The average Bonchev–Trinajstić information content (AvgIpc) is 2.65. The molecule has 0 aliphatic heterocycles. The number of nitrogens with one attached hydrogen (secondary N) is 1. The second-order valence-electron chi connectivity index (χ2n) is 6.71. The smallest absolute Gasteiger partial charge is 0.261 e. The van der Waals surface area contributed by atoms with Gasteiger partial charge in [0, 0.05) is 17.1 Å². The van der Waals surface area contributed by atoms with E-state index in [-0.39, 0.29) is 24.5 Å². The van der Waals surface area contributed by atoms with E-state index in [0.29, 0.717) is 17.3 Å². The molecule has 28 heavy (non-hydrogen) atoms. The minimum Gasteiger partial charge on any atom is -0.482 e. The molecule has 0 saturated carbocycles. The molecule has 2 aromatic carbocycles. The molecule has 2 amide bonds. The molecule has 7 heteroatoms. The molecule has 0 bridgehead atoms. The van der Waals surface area contributed by atoms with E-state index in [9.17, 15) is 9.59 Å². The third kappa shape index (κ3) is 6.53. The van der Waals surface area contributed by atoms with E-state index >= 15 is 0 Å². The van der Waals surface area contributed by atoms with Crippen LogP contribution in [0.4, 0.5) is 0 Å². The molecule has 1 N–H and O–H groups in total. The highest BCUT2D eigenvalue weighted by molar-refractivity contribution is 9.10. The summed E-state index contributed by atoms with van der Waals surface area (Å²) in [7, 11) is 0. The van der Waals surface area contributed by atoms with E-state index in [0.717, 1.165) is 10.0 Å². The summed E-state index contributed by atoms with van der Waals surface area (Å²) < 4.78 is 6.43. The fraction of sp³-hybridized carbons (Fsp3) is 0.333. The van der Waals surface area contributed by atoms with Gasteiger partial charge in [0.05, 0.1) is 5.02 Å². The zero-order valence-corrected chi connectivity index (χ0v) is 18.5. The van der Waals surface area contributed by atoms with Crippen LogP contribution in [0, 0.1) is 0 Å². The van der Waals surface area contributed by atoms with Crippen LogP contribution in [0.25, 0.3) is 0 Å². The molecule has 0 fully saturated rings. The van der Waals surface area contributed by atoms with Crippen molar-refractivity contribution in [3.05, 3.63) is 63.6 Å². The van der Waals surface area contributed by atoms with E-state index in [1.165, 1.54) is 4.90 Å². The molecular formula is C21H24BrClN2O3. The minimum absolute atomic E-state index is 0.0125. The summed E-state index contributed by atoms with van der Waals surface area (Å²) in [4.78, 5) is 26.9. The summed E-state index contributed by atoms with van der Waals surface area (Å²) in [6.07, 6.45) is 0. The fourth-order valence-electron chi connectivity index (χ4n) is 2.58. The first kappa shape index (κ1) is 22.2. The molecule has 0 spiro atoms. The van der Waals surface area contributed by atoms with Crippen LogP contribution in [0.1, 0.15) is 26.3 Å². The summed E-state index contributed by atoms with van der Waals surface area (Å²) in [5, 5.41) is 3.26. The molecule has 1 unspecified atom stereocenters. The number of hydrogen-bond donors (Lipinski definition) is 1. The largest absolute Gasteiger partial charge is 0.482 e. The lowest BCUT2D eigenvalue weighted by molar-refractivity contribution is -0.142. The predicted molar refractivity (Wildman–Crippen MR) is 114 cm³/mol. The zero-order chi connectivity index (χ0) is 20.7. The Morgan fingerprint density at radius 2 is 1.82 bits per heavy atom. The van der Waals surface area contributed by atoms with Gasteiger partial charge in [-0.05, 0) is 44.5 Å². The Morgan fingerprint density at radius 3 is 2.43 bits per heavy atom. The van der Waals surface area contributed by atoms with Gasteiger partial charge in [-0.3, -0.25) is 9.59 Å². The summed E-state index contributed by atoms with van der Waals surface area (Å²) in [5.41, 5.74) is 0.932. The third-order valence-corrected chi connectivity index (χ3v) is 4.83. The van der Waals surface area contributed by atoms with E-state index in [2.05, 4.69) is 21.2 Å². The molecule has 1 atom stereocenters. The second-order valence-corrected chi connectivity index (χ2v) is 8.03. The van der Waals surface area contributed by atoms with Crippen molar-refractivity contribution in [1.29, 1.82) is 0 Å². The van der Waals surface area contributed by atoms with Gasteiger partial charge in [0.15, 0.2) is 6.61 Å². The Labute approximate surface area is 179 Å². The van der Waals surface area contributed by atoms with Crippen molar-refractivity contribution in [2.45, 2.75) is 39.4 Å². The van der Waals surface area contributed by atoms with Crippen LogP contribution in [-0.2, 0) is 16.1 Å². The molecule has 2 rings (SSSR count).